The van der Waals surface area contributed by atoms with Crippen molar-refractivity contribution in [3.05, 3.63) is 35.4 Å². The molecule has 1 amide bonds. The maximum Gasteiger partial charge on any atom is 0.246 e. The lowest BCUT2D eigenvalue weighted by atomic mass is 10.0. The predicted molar refractivity (Wildman–Crippen MR) is 82.4 cm³/mol. The normalized spacial score (nSPS) is 12.3. The minimum Gasteiger partial charge on any atom is -0.383 e. The minimum absolute atomic E-state index is 0.395. The van der Waals surface area contributed by atoms with E-state index in [1.54, 1.807) is 0 Å². The summed E-state index contributed by atoms with van der Waals surface area (Å²) in [6.07, 6.45) is 7.68. The molecule has 1 rings (SSSR count). The fraction of sp³-hybridized carbons (Fsp3) is 0.588. The predicted octanol–water partition coefficient (Wildman–Crippen LogP) is 2.98. The van der Waals surface area contributed by atoms with Crippen molar-refractivity contribution in [2.24, 2.45) is 5.73 Å². The van der Waals surface area contributed by atoms with E-state index in [0.717, 1.165) is 12.0 Å². The van der Waals surface area contributed by atoms with Gasteiger partial charge < -0.3 is 10.8 Å². The first-order valence-corrected chi connectivity index (χ1v) is 7.68. The molecule has 1 unspecified atom stereocenters. The summed E-state index contributed by atoms with van der Waals surface area (Å²) in [5, 5.41) is 9.35. The highest BCUT2D eigenvalue weighted by molar-refractivity contribution is 5.78. The molecule has 0 spiro atoms. The van der Waals surface area contributed by atoms with Crippen LogP contribution in [0.15, 0.2) is 24.3 Å². The number of carbonyl (C=O) groups excluding carboxylic acids is 1. The van der Waals surface area contributed by atoms with Crippen LogP contribution in [0, 0.1) is 0 Å². The Kier molecular flexibility index (Phi) is 7.97. The highest BCUT2D eigenvalue weighted by Crippen LogP contribution is 2.12. The lowest BCUT2D eigenvalue weighted by Gasteiger charge is -2.07. The van der Waals surface area contributed by atoms with Crippen LogP contribution >= 0.6 is 0 Å². The molecular weight excluding hydrogens is 250 g/mol. The van der Waals surface area contributed by atoms with Crippen molar-refractivity contribution in [1.82, 2.24) is 0 Å². The van der Waals surface area contributed by atoms with E-state index in [-0.39, 0.29) is 0 Å². The Labute approximate surface area is 122 Å². The van der Waals surface area contributed by atoms with Crippen molar-refractivity contribution in [3.8, 4) is 0 Å². The second-order valence-corrected chi connectivity index (χ2v) is 5.44. The van der Waals surface area contributed by atoms with E-state index in [4.69, 9.17) is 5.73 Å². The average Bonchev–Trinajstić information content (AvgIpc) is 2.45. The molecule has 0 radical (unpaired) electrons. The molecule has 1 aromatic rings. The Morgan fingerprint density at radius 2 is 1.60 bits per heavy atom. The summed E-state index contributed by atoms with van der Waals surface area (Å²) in [7, 11) is 0. The lowest BCUT2D eigenvalue weighted by molar-refractivity contribution is -0.126. The SMILES string of the molecule is CCCCCCCc1ccc(CCC(O)C(N)=O)cc1. The topological polar surface area (TPSA) is 63.3 Å². The smallest absolute Gasteiger partial charge is 0.246 e. The molecule has 3 N–H and O–H groups in total. The Bertz CT molecular complexity index is 386. The van der Waals surface area contributed by atoms with Gasteiger partial charge in [0.25, 0.3) is 0 Å². The van der Waals surface area contributed by atoms with Gasteiger partial charge in [-0.05, 0) is 36.8 Å². The van der Waals surface area contributed by atoms with Gasteiger partial charge in [-0.25, -0.2) is 0 Å². The van der Waals surface area contributed by atoms with Crippen LogP contribution in [0.3, 0.4) is 0 Å². The van der Waals surface area contributed by atoms with Crippen LogP contribution in [-0.2, 0) is 17.6 Å². The van der Waals surface area contributed by atoms with E-state index in [1.165, 1.54) is 37.7 Å². The molecular formula is C17H27NO2. The number of aliphatic hydroxyl groups is 1. The molecule has 0 heterocycles. The molecule has 0 fully saturated rings. The number of benzene rings is 1. The van der Waals surface area contributed by atoms with Crippen molar-refractivity contribution >= 4 is 5.91 Å². The number of unbranched alkanes of at least 4 members (excludes halogenated alkanes) is 4. The van der Waals surface area contributed by atoms with Crippen molar-refractivity contribution < 1.29 is 9.90 Å². The zero-order valence-corrected chi connectivity index (χ0v) is 12.5. The molecule has 0 bridgehead atoms. The second-order valence-electron chi connectivity index (χ2n) is 5.44. The molecule has 1 atom stereocenters. The maximum absolute atomic E-state index is 10.7. The number of aliphatic hydroxyl groups excluding tert-OH is 1. The average molecular weight is 277 g/mol. The van der Waals surface area contributed by atoms with Crippen molar-refractivity contribution in [2.45, 2.75) is 64.4 Å². The number of aryl methyl sites for hydroxylation is 2. The maximum atomic E-state index is 10.7. The van der Waals surface area contributed by atoms with Crippen LogP contribution in [0.4, 0.5) is 0 Å². The van der Waals surface area contributed by atoms with E-state index in [0.29, 0.717) is 12.8 Å². The van der Waals surface area contributed by atoms with Gasteiger partial charge in [-0.2, -0.15) is 0 Å². The van der Waals surface area contributed by atoms with Gasteiger partial charge in [-0.1, -0.05) is 56.9 Å². The Morgan fingerprint density at radius 3 is 2.15 bits per heavy atom. The highest BCUT2D eigenvalue weighted by Gasteiger charge is 2.10. The summed E-state index contributed by atoms with van der Waals surface area (Å²) in [6.45, 7) is 2.23. The summed E-state index contributed by atoms with van der Waals surface area (Å²) in [5.74, 6) is -0.645. The quantitative estimate of drug-likeness (QED) is 0.646. The van der Waals surface area contributed by atoms with E-state index < -0.39 is 12.0 Å². The molecule has 1 aromatic carbocycles. The molecule has 0 aromatic heterocycles. The molecule has 0 aliphatic heterocycles. The molecule has 0 saturated heterocycles. The molecule has 0 aliphatic carbocycles. The molecule has 20 heavy (non-hydrogen) atoms. The van der Waals surface area contributed by atoms with Gasteiger partial charge in [0.1, 0.15) is 6.10 Å². The van der Waals surface area contributed by atoms with Crippen LogP contribution in [-0.4, -0.2) is 17.1 Å². The molecule has 0 saturated carbocycles. The van der Waals surface area contributed by atoms with Crippen molar-refractivity contribution in [1.29, 1.82) is 0 Å². The molecule has 0 aliphatic rings. The number of carbonyl (C=O) groups is 1. The monoisotopic (exact) mass is 277 g/mol. The van der Waals surface area contributed by atoms with Gasteiger partial charge in [-0.15, -0.1) is 0 Å². The van der Waals surface area contributed by atoms with Crippen molar-refractivity contribution in [3.63, 3.8) is 0 Å². The van der Waals surface area contributed by atoms with Crippen LogP contribution < -0.4 is 5.73 Å². The molecule has 3 nitrogen and oxygen atoms in total. The number of rotatable bonds is 10. The van der Waals surface area contributed by atoms with Gasteiger partial charge in [0, 0.05) is 0 Å². The fourth-order valence-corrected chi connectivity index (χ4v) is 2.25. The first-order chi connectivity index (χ1) is 9.63. The van der Waals surface area contributed by atoms with E-state index in [9.17, 15) is 9.90 Å². The summed E-state index contributed by atoms with van der Waals surface area (Å²) >= 11 is 0. The lowest BCUT2D eigenvalue weighted by Crippen LogP contribution is -2.28. The second kappa shape index (κ2) is 9.54. The number of hydrogen-bond acceptors (Lipinski definition) is 2. The number of hydrogen-bond donors (Lipinski definition) is 2. The highest BCUT2D eigenvalue weighted by atomic mass is 16.3. The third kappa shape index (κ3) is 6.71. The fourth-order valence-electron chi connectivity index (χ4n) is 2.25. The van der Waals surface area contributed by atoms with Gasteiger partial charge in [0.15, 0.2) is 0 Å². The standard InChI is InChI=1S/C17H27NO2/c1-2-3-4-5-6-7-14-8-10-15(11-9-14)12-13-16(19)17(18)20/h8-11,16,19H,2-7,12-13H2,1H3,(H2,18,20). The zero-order chi connectivity index (χ0) is 14.8. The van der Waals surface area contributed by atoms with Crippen LogP contribution in [0.1, 0.15) is 56.6 Å². The third-order valence-corrected chi connectivity index (χ3v) is 3.63. The molecule has 3 heteroatoms. The summed E-state index contributed by atoms with van der Waals surface area (Å²) in [5.41, 5.74) is 7.53. The molecule has 112 valence electrons. The Hall–Kier alpha value is -1.35. The zero-order valence-electron chi connectivity index (χ0n) is 12.5. The Morgan fingerprint density at radius 1 is 1.05 bits per heavy atom. The van der Waals surface area contributed by atoms with Gasteiger partial charge in [-0.3, -0.25) is 4.79 Å². The van der Waals surface area contributed by atoms with E-state index in [1.807, 2.05) is 0 Å². The summed E-state index contributed by atoms with van der Waals surface area (Å²) < 4.78 is 0. The van der Waals surface area contributed by atoms with Crippen LogP contribution in [0.2, 0.25) is 0 Å². The third-order valence-electron chi connectivity index (χ3n) is 3.63. The van der Waals surface area contributed by atoms with Crippen LogP contribution in [0.5, 0.6) is 0 Å². The van der Waals surface area contributed by atoms with Gasteiger partial charge in [0.2, 0.25) is 5.91 Å². The van der Waals surface area contributed by atoms with Crippen molar-refractivity contribution in [2.75, 3.05) is 0 Å². The summed E-state index contributed by atoms with van der Waals surface area (Å²) in [4.78, 5) is 10.7. The van der Waals surface area contributed by atoms with Gasteiger partial charge >= 0.3 is 0 Å². The largest absolute Gasteiger partial charge is 0.383 e. The number of nitrogens with two attached hydrogens (primary N) is 1. The van der Waals surface area contributed by atoms with Crippen LogP contribution in [0.25, 0.3) is 0 Å². The minimum atomic E-state index is -1.03. The Balaban J connectivity index is 2.27. The first kappa shape index (κ1) is 16.7. The van der Waals surface area contributed by atoms with E-state index >= 15 is 0 Å². The van der Waals surface area contributed by atoms with Gasteiger partial charge in [0.05, 0.1) is 0 Å². The first-order valence-electron chi connectivity index (χ1n) is 7.68. The van der Waals surface area contributed by atoms with E-state index in [2.05, 4.69) is 31.2 Å². The summed E-state index contributed by atoms with van der Waals surface area (Å²) in [6, 6.07) is 8.45. The number of amides is 1. The number of primary amides is 1.